The fourth-order valence-corrected chi connectivity index (χ4v) is 4.49. The summed E-state index contributed by atoms with van der Waals surface area (Å²) in [5, 5.41) is 15.6. The number of hydrogen-bond donors (Lipinski definition) is 3. The smallest absolute Gasteiger partial charge is 0.315 e. The van der Waals surface area contributed by atoms with Crippen LogP contribution < -0.4 is 15.4 Å². The maximum Gasteiger partial charge on any atom is 0.315 e. The predicted molar refractivity (Wildman–Crippen MR) is 117 cm³/mol. The molecular formula is C24H31N3O3. The lowest BCUT2D eigenvalue weighted by Crippen LogP contribution is -2.53. The number of nitrogens with one attached hydrogen (secondary N) is 2. The van der Waals surface area contributed by atoms with Crippen LogP contribution in [0.5, 0.6) is 11.5 Å². The van der Waals surface area contributed by atoms with Crippen LogP contribution in [0.1, 0.15) is 50.3 Å². The fourth-order valence-electron chi connectivity index (χ4n) is 4.49. The molecule has 30 heavy (non-hydrogen) atoms. The van der Waals surface area contributed by atoms with Gasteiger partial charge in [0, 0.05) is 37.7 Å². The molecule has 0 bridgehead atoms. The van der Waals surface area contributed by atoms with Gasteiger partial charge < -0.3 is 20.5 Å². The van der Waals surface area contributed by atoms with Crippen LogP contribution in [0.15, 0.2) is 48.5 Å². The highest BCUT2D eigenvalue weighted by atomic mass is 16.5. The third-order valence-electron chi connectivity index (χ3n) is 6.03. The number of aromatic hydroxyl groups is 1. The number of rotatable bonds is 4. The molecule has 1 saturated heterocycles. The normalized spacial score (nSPS) is 20.4. The summed E-state index contributed by atoms with van der Waals surface area (Å²) in [6.07, 6.45) is 2.62. The summed E-state index contributed by atoms with van der Waals surface area (Å²) >= 11 is 0. The van der Waals surface area contributed by atoms with Crippen LogP contribution in [0.2, 0.25) is 0 Å². The van der Waals surface area contributed by atoms with Crippen LogP contribution >= 0.6 is 0 Å². The van der Waals surface area contributed by atoms with Crippen LogP contribution in [0.25, 0.3) is 0 Å². The SMILES string of the molecule is CC(C)NC(=O)NC1CC2(CCN(Cc3ccc(O)cc3)CC2)Oc2ccccc21. The first-order valence-corrected chi connectivity index (χ1v) is 10.8. The molecule has 2 aromatic rings. The average molecular weight is 410 g/mol. The van der Waals surface area contributed by atoms with E-state index in [4.69, 9.17) is 4.74 Å². The van der Waals surface area contributed by atoms with Gasteiger partial charge in [-0.3, -0.25) is 4.90 Å². The van der Waals surface area contributed by atoms with E-state index in [1.807, 2.05) is 50.2 Å². The van der Waals surface area contributed by atoms with E-state index in [1.165, 1.54) is 5.56 Å². The number of urea groups is 1. The number of para-hydroxylation sites is 1. The van der Waals surface area contributed by atoms with Crippen LogP contribution in [0, 0.1) is 0 Å². The number of ether oxygens (including phenoxy) is 1. The van der Waals surface area contributed by atoms with Crippen molar-refractivity contribution in [1.29, 1.82) is 0 Å². The molecule has 1 fully saturated rings. The van der Waals surface area contributed by atoms with E-state index in [0.29, 0.717) is 5.75 Å². The van der Waals surface area contributed by atoms with E-state index in [0.717, 1.165) is 50.2 Å². The third kappa shape index (κ3) is 4.70. The first-order valence-electron chi connectivity index (χ1n) is 10.8. The fraction of sp³-hybridized carbons (Fsp3) is 0.458. The second kappa shape index (κ2) is 8.56. The second-order valence-electron chi connectivity index (χ2n) is 8.79. The number of carbonyl (C=O) groups is 1. The molecule has 2 aliphatic heterocycles. The van der Waals surface area contributed by atoms with Gasteiger partial charge >= 0.3 is 6.03 Å². The van der Waals surface area contributed by atoms with Gasteiger partial charge in [-0.1, -0.05) is 30.3 Å². The highest BCUT2D eigenvalue weighted by molar-refractivity contribution is 5.75. The first-order chi connectivity index (χ1) is 14.4. The minimum absolute atomic E-state index is 0.0580. The van der Waals surface area contributed by atoms with Gasteiger partial charge in [0.25, 0.3) is 0 Å². The minimum Gasteiger partial charge on any atom is -0.508 e. The van der Waals surface area contributed by atoms with Crippen LogP contribution in [0.3, 0.4) is 0 Å². The zero-order valence-corrected chi connectivity index (χ0v) is 17.7. The molecule has 1 unspecified atom stereocenters. The van der Waals surface area contributed by atoms with E-state index in [-0.39, 0.29) is 23.7 Å². The Morgan fingerprint density at radius 1 is 1.17 bits per heavy atom. The Morgan fingerprint density at radius 3 is 2.57 bits per heavy atom. The van der Waals surface area contributed by atoms with Crippen molar-refractivity contribution in [2.45, 2.75) is 57.3 Å². The Labute approximate surface area is 178 Å². The average Bonchev–Trinajstić information content (AvgIpc) is 2.71. The van der Waals surface area contributed by atoms with Gasteiger partial charge in [0.1, 0.15) is 17.1 Å². The number of benzene rings is 2. The standard InChI is InChI=1S/C24H31N3O3/c1-17(2)25-23(29)26-21-15-24(30-22-6-4-3-5-20(21)22)11-13-27(14-12-24)16-18-7-9-19(28)10-8-18/h3-10,17,21,28H,11-16H2,1-2H3,(H2,25,26,29). The lowest BCUT2D eigenvalue weighted by molar-refractivity contribution is -0.0258. The quantitative estimate of drug-likeness (QED) is 0.715. The number of nitrogens with zero attached hydrogens (tertiary/aromatic N) is 1. The van der Waals surface area contributed by atoms with Crippen molar-refractivity contribution in [1.82, 2.24) is 15.5 Å². The number of fused-ring (bicyclic) bond motifs is 1. The Bertz CT molecular complexity index is 874. The topological polar surface area (TPSA) is 73.8 Å². The molecule has 6 heteroatoms. The number of phenolic OH excluding ortho intramolecular Hbond substituents is 1. The zero-order chi connectivity index (χ0) is 21.1. The molecule has 0 saturated carbocycles. The summed E-state index contributed by atoms with van der Waals surface area (Å²) in [5.74, 6) is 1.18. The molecule has 0 aliphatic carbocycles. The van der Waals surface area contributed by atoms with Crippen molar-refractivity contribution in [3.8, 4) is 11.5 Å². The van der Waals surface area contributed by atoms with Gasteiger partial charge in [-0.05, 0) is 50.5 Å². The van der Waals surface area contributed by atoms with Crippen molar-refractivity contribution in [2.24, 2.45) is 0 Å². The molecule has 160 valence electrons. The van der Waals surface area contributed by atoms with Gasteiger partial charge in [0.05, 0.1) is 6.04 Å². The Kier molecular flexibility index (Phi) is 5.86. The molecule has 2 aromatic carbocycles. The predicted octanol–water partition coefficient (Wildman–Crippen LogP) is 3.96. The molecule has 2 heterocycles. The highest BCUT2D eigenvalue weighted by Crippen LogP contribution is 2.44. The van der Waals surface area contributed by atoms with E-state index in [1.54, 1.807) is 12.1 Å². The monoisotopic (exact) mass is 409 g/mol. The van der Waals surface area contributed by atoms with E-state index >= 15 is 0 Å². The molecule has 2 amide bonds. The molecule has 0 radical (unpaired) electrons. The number of piperidine rings is 1. The van der Waals surface area contributed by atoms with E-state index in [2.05, 4.69) is 15.5 Å². The molecule has 1 spiro atoms. The van der Waals surface area contributed by atoms with Crippen molar-refractivity contribution in [3.05, 3.63) is 59.7 Å². The van der Waals surface area contributed by atoms with Gasteiger partial charge in [-0.25, -0.2) is 4.79 Å². The van der Waals surface area contributed by atoms with Crippen molar-refractivity contribution >= 4 is 6.03 Å². The van der Waals surface area contributed by atoms with Gasteiger partial charge in [-0.2, -0.15) is 0 Å². The van der Waals surface area contributed by atoms with Crippen molar-refractivity contribution in [3.63, 3.8) is 0 Å². The van der Waals surface area contributed by atoms with Crippen LogP contribution in [-0.4, -0.2) is 40.8 Å². The summed E-state index contributed by atoms with van der Waals surface area (Å²) in [7, 11) is 0. The van der Waals surface area contributed by atoms with Crippen molar-refractivity contribution < 1.29 is 14.6 Å². The number of hydrogen-bond acceptors (Lipinski definition) is 4. The van der Waals surface area contributed by atoms with Gasteiger partial charge in [0.15, 0.2) is 0 Å². The van der Waals surface area contributed by atoms with E-state index < -0.39 is 0 Å². The number of likely N-dealkylation sites (tertiary alicyclic amines) is 1. The minimum atomic E-state index is -0.254. The van der Waals surface area contributed by atoms with Crippen molar-refractivity contribution in [2.75, 3.05) is 13.1 Å². The molecule has 6 nitrogen and oxygen atoms in total. The molecule has 4 rings (SSSR count). The van der Waals surface area contributed by atoms with Gasteiger partial charge in [-0.15, -0.1) is 0 Å². The third-order valence-corrected chi connectivity index (χ3v) is 6.03. The molecule has 2 aliphatic rings. The summed E-state index contributed by atoms with van der Waals surface area (Å²) in [4.78, 5) is 14.8. The molecule has 1 atom stereocenters. The van der Waals surface area contributed by atoms with E-state index in [9.17, 15) is 9.90 Å². The highest BCUT2D eigenvalue weighted by Gasteiger charge is 2.43. The molecular weight excluding hydrogens is 378 g/mol. The zero-order valence-electron chi connectivity index (χ0n) is 17.7. The Hall–Kier alpha value is -2.73. The largest absolute Gasteiger partial charge is 0.508 e. The van der Waals surface area contributed by atoms with Gasteiger partial charge in [0.2, 0.25) is 0 Å². The number of carbonyl (C=O) groups excluding carboxylic acids is 1. The second-order valence-corrected chi connectivity index (χ2v) is 8.79. The lowest BCUT2D eigenvalue weighted by Gasteiger charge is -2.47. The van der Waals surface area contributed by atoms with Crippen LogP contribution in [-0.2, 0) is 6.54 Å². The number of phenols is 1. The Balaban J connectivity index is 1.44. The lowest BCUT2D eigenvalue weighted by atomic mass is 9.80. The molecule has 3 N–H and O–H groups in total. The first kappa shape index (κ1) is 20.5. The van der Waals surface area contributed by atoms with Crippen LogP contribution in [0.4, 0.5) is 4.79 Å². The number of amides is 2. The summed E-state index contributed by atoms with van der Waals surface area (Å²) in [6.45, 7) is 6.67. The maximum atomic E-state index is 12.4. The summed E-state index contributed by atoms with van der Waals surface area (Å²) in [6, 6.07) is 15.4. The summed E-state index contributed by atoms with van der Waals surface area (Å²) in [5.41, 5.74) is 1.99. The maximum absolute atomic E-state index is 12.4. The Morgan fingerprint density at radius 2 is 1.87 bits per heavy atom. The summed E-state index contributed by atoms with van der Waals surface area (Å²) < 4.78 is 6.54. The molecule has 0 aromatic heterocycles.